The molecule has 2 atom stereocenters. The van der Waals surface area contributed by atoms with Gasteiger partial charge in [0.1, 0.15) is 0 Å². The van der Waals surface area contributed by atoms with Crippen LogP contribution in [-0.4, -0.2) is 62.6 Å². The van der Waals surface area contributed by atoms with Crippen LogP contribution >= 0.6 is 0 Å². The molecule has 1 aliphatic heterocycles. The number of rotatable bonds is 7. The standard InChI is InChI=1S/C20H33N3O4S/c1-15-13-23(14-16(2)27-15)28(25,26)18-9-7-17(8-10-18)19(24)21-11-6-12-22-20(3,4)5/h7-10,15-16,22H,6,11-14H2,1-5H3,(H,21,24)/t15-,16-/m0/s1. The molecule has 1 amide bonds. The largest absolute Gasteiger partial charge is 0.373 e. The van der Waals surface area contributed by atoms with Crippen molar-refractivity contribution in [2.45, 2.75) is 63.7 Å². The lowest BCUT2D eigenvalue weighted by Gasteiger charge is -2.34. The molecule has 7 nitrogen and oxygen atoms in total. The van der Waals surface area contributed by atoms with Crippen molar-refractivity contribution in [2.24, 2.45) is 0 Å². The third-order valence-corrected chi connectivity index (χ3v) is 6.28. The topological polar surface area (TPSA) is 87.7 Å². The lowest BCUT2D eigenvalue weighted by molar-refractivity contribution is -0.0440. The lowest BCUT2D eigenvalue weighted by atomic mass is 10.1. The fourth-order valence-electron chi connectivity index (χ4n) is 3.11. The third kappa shape index (κ3) is 6.55. The SMILES string of the molecule is C[C@H]1CN(S(=O)(=O)c2ccc(C(=O)NCCCNC(C)(C)C)cc2)C[C@H](C)O1. The molecule has 0 spiro atoms. The highest BCUT2D eigenvalue weighted by Gasteiger charge is 2.32. The summed E-state index contributed by atoms with van der Waals surface area (Å²) in [6, 6.07) is 6.11. The Bertz CT molecular complexity index is 747. The maximum atomic E-state index is 12.8. The molecule has 1 aliphatic rings. The number of sulfonamides is 1. The molecule has 8 heteroatoms. The lowest BCUT2D eigenvalue weighted by Crippen LogP contribution is -2.48. The van der Waals surface area contributed by atoms with Gasteiger partial charge >= 0.3 is 0 Å². The van der Waals surface area contributed by atoms with Crippen LogP contribution in [0.15, 0.2) is 29.2 Å². The van der Waals surface area contributed by atoms with E-state index in [1.807, 2.05) is 13.8 Å². The zero-order chi connectivity index (χ0) is 20.9. The van der Waals surface area contributed by atoms with Gasteiger partial charge in [0.15, 0.2) is 0 Å². The minimum atomic E-state index is -3.60. The number of hydrogen-bond acceptors (Lipinski definition) is 5. The first kappa shape index (κ1) is 22.8. The van der Waals surface area contributed by atoms with Gasteiger partial charge in [-0.3, -0.25) is 4.79 Å². The molecule has 1 aromatic carbocycles. The van der Waals surface area contributed by atoms with Crippen molar-refractivity contribution in [3.8, 4) is 0 Å². The van der Waals surface area contributed by atoms with Crippen LogP contribution in [0.5, 0.6) is 0 Å². The van der Waals surface area contributed by atoms with Crippen molar-refractivity contribution in [3.63, 3.8) is 0 Å². The molecule has 0 saturated carbocycles. The number of benzene rings is 1. The van der Waals surface area contributed by atoms with Crippen molar-refractivity contribution in [1.82, 2.24) is 14.9 Å². The van der Waals surface area contributed by atoms with E-state index >= 15 is 0 Å². The van der Waals surface area contributed by atoms with Crippen molar-refractivity contribution >= 4 is 15.9 Å². The summed E-state index contributed by atoms with van der Waals surface area (Å²) in [4.78, 5) is 12.4. The molecule has 2 N–H and O–H groups in total. The number of carbonyl (C=O) groups is 1. The predicted octanol–water partition coefficient (Wildman–Crippen LogP) is 1.99. The van der Waals surface area contributed by atoms with E-state index < -0.39 is 10.0 Å². The average molecular weight is 412 g/mol. The molecule has 0 unspecified atom stereocenters. The first-order chi connectivity index (χ1) is 13.0. The molecule has 1 fully saturated rings. The van der Waals surface area contributed by atoms with Crippen LogP contribution in [0.4, 0.5) is 0 Å². The Kier molecular flexibility index (Phi) is 7.61. The summed E-state index contributed by atoms with van der Waals surface area (Å²) in [6.45, 7) is 12.1. The van der Waals surface area contributed by atoms with Gasteiger partial charge in [-0.1, -0.05) is 0 Å². The molecule has 0 radical (unpaired) electrons. The number of morpholine rings is 1. The molecule has 1 saturated heterocycles. The number of ether oxygens (including phenoxy) is 1. The molecule has 0 aromatic heterocycles. The van der Waals surface area contributed by atoms with Gasteiger partial charge in [0.05, 0.1) is 17.1 Å². The third-order valence-electron chi connectivity index (χ3n) is 4.43. The fraction of sp³-hybridized carbons (Fsp3) is 0.650. The van der Waals surface area contributed by atoms with Crippen molar-refractivity contribution in [3.05, 3.63) is 29.8 Å². The van der Waals surface area contributed by atoms with Crippen LogP contribution in [-0.2, 0) is 14.8 Å². The van der Waals surface area contributed by atoms with E-state index in [4.69, 9.17) is 4.74 Å². The summed E-state index contributed by atoms with van der Waals surface area (Å²) in [6.07, 6.45) is 0.538. The van der Waals surface area contributed by atoms with Crippen LogP contribution in [0.3, 0.4) is 0 Å². The van der Waals surface area contributed by atoms with Crippen LogP contribution in [0.2, 0.25) is 0 Å². The van der Waals surface area contributed by atoms with Crippen LogP contribution in [0.1, 0.15) is 51.4 Å². The Morgan fingerprint density at radius 3 is 2.21 bits per heavy atom. The highest BCUT2D eigenvalue weighted by molar-refractivity contribution is 7.89. The minimum Gasteiger partial charge on any atom is -0.373 e. The first-order valence-electron chi connectivity index (χ1n) is 9.78. The van der Waals surface area contributed by atoms with Gasteiger partial charge in [-0.25, -0.2) is 8.42 Å². The Labute approximate surface area is 168 Å². The van der Waals surface area contributed by atoms with E-state index in [2.05, 4.69) is 31.4 Å². The molecular formula is C20H33N3O4S. The summed E-state index contributed by atoms with van der Waals surface area (Å²) in [5.74, 6) is -0.201. The Morgan fingerprint density at radius 2 is 1.68 bits per heavy atom. The van der Waals surface area contributed by atoms with Gasteiger partial charge in [-0.2, -0.15) is 4.31 Å². The van der Waals surface area contributed by atoms with E-state index in [0.717, 1.165) is 13.0 Å². The Morgan fingerprint density at radius 1 is 1.11 bits per heavy atom. The number of carbonyl (C=O) groups excluding carboxylic acids is 1. The molecular weight excluding hydrogens is 378 g/mol. The first-order valence-corrected chi connectivity index (χ1v) is 11.2. The van der Waals surface area contributed by atoms with Gasteiger partial charge in [0, 0.05) is 30.7 Å². The average Bonchev–Trinajstić information content (AvgIpc) is 2.59. The zero-order valence-electron chi connectivity index (χ0n) is 17.5. The van der Waals surface area contributed by atoms with E-state index in [1.54, 1.807) is 12.1 Å². The monoisotopic (exact) mass is 411 g/mol. The molecule has 0 bridgehead atoms. The molecule has 158 valence electrons. The van der Waals surface area contributed by atoms with Crippen molar-refractivity contribution in [2.75, 3.05) is 26.2 Å². The number of nitrogens with one attached hydrogen (secondary N) is 2. The predicted molar refractivity (Wildman–Crippen MR) is 110 cm³/mol. The fourth-order valence-corrected chi connectivity index (χ4v) is 4.70. The quantitative estimate of drug-likeness (QED) is 0.670. The number of nitrogens with zero attached hydrogens (tertiary/aromatic N) is 1. The second-order valence-electron chi connectivity index (χ2n) is 8.39. The molecule has 2 rings (SSSR count). The van der Waals surface area contributed by atoms with Gasteiger partial charge in [0.25, 0.3) is 5.91 Å². The summed E-state index contributed by atoms with van der Waals surface area (Å²) in [7, 11) is -3.60. The molecule has 0 aliphatic carbocycles. The van der Waals surface area contributed by atoms with Gasteiger partial charge in [0.2, 0.25) is 10.0 Å². The summed E-state index contributed by atoms with van der Waals surface area (Å²) in [5.41, 5.74) is 0.507. The minimum absolute atomic E-state index is 0.0569. The zero-order valence-corrected chi connectivity index (χ0v) is 18.3. The highest BCUT2D eigenvalue weighted by Crippen LogP contribution is 2.21. The van der Waals surface area contributed by atoms with E-state index in [-0.39, 0.29) is 28.5 Å². The van der Waals surface area contributed by atoms with Gasteiger partial charge in [-0.05, 0) is 71.8 Å². The summed E-state index contributed by atoms with van der Waals surface area (Å²) < 4.78 is 32.7. The second kappa shape index (κ2) is 9.35. The number of amides is 1. The van der Waals surface area contributed by atoms with Crippen LogP contribution < -0.4 is 10.6 Å². The Balaban J connectivity index is 1.92. The van der Waals surface area contributed by atoms with E-state index in [9.17, 15) is 13.2 Å². The van der Waals surface area contributed by atoms with E-state index in [0.29, 0.717) is 25.2 Å². The van der Waals surface area contributed by atoms with Crippen LogP contribution in [0, 0.1) is 0 Å². The molecule has 28 heavy (non-hydrogen) atoms. The van der Waals surface area contributed by atoms with Crippen molar-refractivity contribution < 1.29 is 17.9 Å². The van der Waals surface area contributed by atoms with Gasteiger partial charge < -0.3 is 15.4 Å². The smallest absolute Gasteiger partial charge is 0.251 e. The van der Waals surface area contributed by atoms with E-state index in [1.165, 1.54) is 16.4 Å². The van der Waals surface area contributed by atoms with Gasteiger partial charge in [-0.15, -0.1) is 0 Å². The van der Waals surface area contributed by atoms with Crippen LogP contribution in [0.25, 0.3) is 0 Å². The summed E-state index contributed by atoms with van der Waals surface area (Å²) >= 11 is 0. The molecule has 1 heterocycles. The maximum Gasteiger partial charge on any atom is 0.251 e. The molecule has 1 aromatic rings. The maximum absolute atomic E-state index is 12.8. The second-order valence-corrected chi connectivity index (χ2v) is 10.3. The van der Waals surface area contributed by atoms with Crippen molar-refractivity contribution in [1.29, 1.82) is 0 Å². The number of hydrogen-bond donors (Lipinski definition) is 2. The highest BCUT2D eigenvalue weighted by atomic mass is 32.2. The summed E-state index contributed by atoms with van der Waals surface area (Å²) in [5, 5.41) is 6.23. The Hall–Kier alpha value is -1.48. The normalized spacial score (nSPS) is 21.5.